The van der Waals surface area contributed by atoms with Crippen LogP contribution in [0.15, 0.2) is 52.5 Å². The van der Waals surface area contributed by atoms with Gasteiger partial charge in [0.2, 0.25) is 0 Å². The molecule has 0 spiro atoms. The molecular weight excluding hydrogens is 500 g/mol. The number of aliphatic hydroxyl groups is 1. The van der Waals surface area contributed by atoms with Crippen molar-refractivity contribution in [1.29, 1.82) is 0 Å². The van der Waals surface area contributed by atoms with Crippen molar-refractivity contribution in [3.8, 4) is 5.75 Å². The van der Waals surface area contributed by atoms with Crippen LogP contribution >= 0.6 is 15.9 Å². The zero-order valence-electron chi connectivity index (χ0n) is 19.4. The molecule has 0 bridgehead atoms. The number of ether oxygens (including phenoxy) is 2. The van der Waals surface area contributed by atoms with Crippen molar-refractivity contribution >= 4 is 33.4 Å². The average Bonchev–Trinajstić information content (AvgIpc) is 3.09. The van der Waals surface area contributed by atoms with Gasteiger partial charge in [0.25, 0.3) is 11.7 Å². The standard InChI is InChI=1S/C26H29BrN2O5/c1-17-15-19(7-8-21(17)33-2)24(30)22-23(18-5-3-6-20(27)16-18)29(26(32)25(22)31)10-4-9-28-11-13-34-14-12-28/h3,5-8,15-16,23,30H,4,9-14H2,1-2H3/b24-22-. The molecule has 2 saturated heterocycles. The van der Waals surface area contributed by atoms with E-state index in [4.69, 9.17) is 9.47 Å². The van der Waals surface area contributed by atoms with Gasteiger partial charge >= 0.3 is 0 Å². The van der Waals surface area contributed by atoms with Gasteiger partial charge in [0.05, 0.1) is 31.9 Å². The molecule has 0 aromatic heterocycles. The summed E-state index contributed by atoms with van der Waals surface area (Å²) in [5, 5.41) is 11.2. The normalized spacial score (nSPS) is 20.7. The molecule has 8 heteroatoms. The second kappa shape index (κ2) is 10.7. The van der Waals surface area contributed by atoms with Gasteiger partial charge in [0, 0.05) is 36.2 Å². The highest BCUT2D eigenvalue weighted by atomic mass is 79.9. The third-order valence-electron chi connectivity index (χ3n) is 6.35. The van der Waals surface area contributed by atoms with Gasteiger partial charge in [-0.05, 0) is 54.8 Å². The molecule has 1 N–H and O–H groups in total. The van der Waals surface area contributed by atoms with Gasteiger partial charge in [-0.25, -0.2) is 0 Å². The van der Waals surface area contributed by atoms with Crippen molar-refractivity contribution < 1.29 is 24.2 Å². The molecule has 4 rings (SSSR count). The highest BCUT2D eigenvalue weighted by molar-refractivity contribution is 9.10. The Hall–Kier alpha value is -2.68. The first-order chi connectivity index (χ1) is 16.4. The number of carbonyl (C=O) groups is 2. The maximum absolute atomic E-state index is 13.2. The Labute approximate surface area is 208 Å². The summed E-state index contributed by atoms with van der Waals surface area (Å²) >= 11 is 3.49. The number of benzene rings is 2. The van der Waals surface area contributed by atoms with Gasteiger partial charge in [0.15, 0.2) is 0 Å². The minimum absolute atomic E-state index is 0.110. The second-order valence-corrected chi connectivity index (χ2v) is 9.46. The molecule has 34 heavy (non-hydrogen) atoms. The molecule has 2 heterocycles. The van der Waals surface area contributed by atoms with Crippen LogP contribution in [-0.4, -0.2) is 73.1 Å². The Morgan fingerprint density at radius 3 is 2.59 bits per heavy atom. The lowest BCUT2D eigenvalue weighted by molar-refractivity contribution is -0.140. The topological polar surface area (TPSA) is 79.3 Å². The Morgan fingerprint density at radius 1 is 1.15 bits per heavy atom. The number of aliphatic hydroxyl groups excluding tert-OH is 1. The number of aryl methyl sites for hydroxylation is 1. The van der Waals surface area contributed by atoms with Crippen LogP contribution in [0.25, 0.3) is 5.76 Å². The number of halogens is 1. The molecule has 1 amide bonds. The Kier molecular flexibility index (Phi) is 7.70. The smallest absolute Gasteiger partial charge is 0.295 e. The lowest BCUT2D eigenvalue weighted by Crippen LogP contribution is -2.38. The number of Topliss-reactive ketones (excluding diaryl/α,β-unsaturated/α-hetero) is 1. The largest absolute Gasteiger partial charge is 0.507 e. The van der Waals surface area contributed by atoms with Crippen molar-refractivity contribution in [3.63, 3.8) is 0 Å². The molecule has 2 aromatic rings. The lowest BCUT2D eigenvalue weighted by Gasteiger charge is -2.29. The number of amides is 1. The van der Waals surface area contributed by atoms with Crippen LogP contribution in [0.5, 0.6) is 5.75 Å². The van der Waals surface area contributed by atoms with Crippen LogP contribution < -0.4 is 4.74 Å². The van der Waals surface area contributed by atoms with Gasteiger partial charge in [-0.2, -0.15) is 0 Å². The van der Waals surface area contributed by atoms with Crippen LogP contribution in [0, 0.1) is 6.92 Å². The van der Waals surface area contributed by atoms with Crippen molar-refractivity contribution in [2.24, 2.45) is 0 Å². The molecule has 2 aromatic carbocycles. The molecule has 2 fully saturated rings. The highest BCUT2D eigenvalue weighted by Crippen LogP contribution is 2.40. The summed E-state index contributed by atoms with van der Waals surface area (Å²) in [4.78, 5) is 30.2. The van der Waals surface area contributed by atoms with Crippen LogP contribution in [-0.2, 0) is 14.3 Å². The SMILES string of the molecule is COc1ccc(/C(O)=C2/C(=O)C(=O)N(CCCN3CCOCC3)C2c2cccc(Br)c2)cc1C. The summed E-state index contributed by atoms with van der Waals surface area (Å²) < 4.78 is 11.6. The lowest BCUT2D eigenvalue weighted by atomic mass is 9.94. The van der Waals surface area contributed by atoms with Crippen molar-refractivity contribution in [2.45, 2.75) is 19.4 Å². The second-order valence-electron chi connectivity index (χ2n) is 8.54. The van der Waals surface area contributed by atoms with E-state index in [0.29, 0.717) is 31.1 Å². The number of carbonyl (C=O) groups excluding carboxylic acids is 2. The van der Waals surface area contributed by atoms with Gasteiger partial charge in [-0.15, -0.1) is 0 Å². The monoisotopic (exact) mass is 528 g/mol. The molecule has 0 aliphatic carbocycles. The molecule has 7 nitrogen and oxygen atoms in total. The van der Waals surface area contributed by atoms with E-state index in [0.717, 1.165) is 41.7 Å². The Balaban J connectivity index is 1.69. The van der Waals surface area contributed by atoms with Crippen LogP contribution in [0.1, 0.15) is 29.2 Å². The number of likely N-dealkylation sites (tertiary alicyclic amines) is 1. The van der Waals surface area contributed by atoms with E-state index in [1.807, 2.05) is 31.2 Å². The van der Waals surface area contributed by atoms with Crippen LogP contribution in [0.4, 0.5) is 0 Å². The van der Waals surface area contributed by atoms with E-state index in [9.17, 15) is 14.7 Å². The fourth-order valence-corrected chi connectivity index (χ4v) is 5.02. The van der Waals surface area contributed by atoms with Gasteiger partial charge < -0.3 is 19.5 Å². The van der Waals surface area contributed by atoms with E-state index >= 15 is 0 Å². The summed E-state index contributed by atoms with van der Waals surface area (Å²) in [6.45, 7) is 6.25. The van der Waals surface area contributed by atoms with Gasteiger partial charge in [-0.3, -0.25) is 14.5 Å². The summed E-state index contributed by atoms with van der Waals surface area (Å²) in [7, 11) is 1.58. The number of hydrogen-bond donors (Lipinski definition) is 1. The van der Waals surface area contributed by atoms with E-state index in [1.165, 1.54) is 0 Å². The molecule has 2 aliphatic heterocycles. The summed E-state index contributed by atoms with van der Waals surface area (Å²) in [5.41, 5.74) is 2.18. The number of rotatable bonds is 7. The van der Waals surface area contributed by atoms with Gasteiger partial charge in [0.1, 0.15) is 11.5 Å². The number of methoxy groups -OCH3 is 1. The zero-order chi connectivity index (χ0) is 24.2. The molecule has 0 saturated carbocycles. The minimum atomic E-state index is -0.665. The third kappa shape index (κ3) is 5.04. The van der Waals surface area contributed by atoms with E-state index in [-0.39, 0.29) is 11.3 Å². The molecule has 180 valence electrons. The molecule has 1 unspecified atom stereocenters. The minimum Gasteiger partial charge on any atom is -0.507 e. The summed E-state index contributed by atoms with van der Waals surface area (Å²) in [5.74, 6) is -0.741. The van der Waals surface area contributed by atoms with Gasteiger partial charge in [-0.1, -0.05) is 28.1 Å². The quantitative estimate of drug-likeness (QED) is 0.333. The first-order valence-corrected chi connectivity index (χ1v) is 12.2. The third-order valence-corrected chi connectivity index (χ3v) is 6.84. The fraction of sp³-hybridized carbons (Fsp3) is 0.385. The molecule has 0 radical (unpaired) electrons. The fourth-order valence-electron chi connectivity index (χ4n) is 4.60. The first-order valence-electron chi connectivity index (χ1n) is 11.4. The van der Waals surface area contributed by atoms with Crippen molar-refractivity contribution in [2.75, 3.05) is 46.5 Å². The number of ketones is 1. The van der Waals surface area contributed by atoms with Crippen molar-refractivity contribution in [1.82, 2.24) is 9.80 Å². The summed E-state index contributed by atoms with van der Waals surface area (Å²) in [6.07, 6.45) is 0.721. The predicted octanol–water partition coefficient (Wildman–Crippen LogP) is 3.91. The Bertz CT molecular complexity index is 1110. The van der Waals surface area contributed by atoms with Crippen LogP contribution in [0.2, 0.25) is 0 Å². The summed E-state index contributed by atoms with van der Waals surface area (Å²) in [6, 6.07) is 12.1. The molecule has 2 aliphatic rings. The average molecular weight is 529 g/mol. The first kappa shape index (κ1) is 24.4. The maximum Gasteiger partial charge on any atom is 0.295 e. The predicted molar refractivity (Wildman–Crippen MR) is 133 cm³/mol. The number of nitrogens with zero attached hydrogens (tertiary/aromatic N) is 2. The number of morpholine rings is 1. The van der Waals surface area contributed by atoms with E-state index in [1.54, 1.807) is 30.2 Å². The molecule has 1 atom stereocenters. The van der Waals surface area contributed by atoms with E-state index < -0.39 is 17.7 Å². The highest BCUT2D eigenvalue weighted by Gasteiger charge is 2.45. The maximum atomic E-state index is 13.2. The van der Waals surface area contributed by atoms with E-state index in [2.05, 4.69) is 20.8 Å². The van der Waals surface area contributed by atoms with Crippen molar-refractivity contribution in [3.05, 3.63) is 69.2 Å². The molecular formula is C26H29BrN2O5. The number of hydrogen-bond acceptors (Lipinski definition) is 6. The van der Waals surface area contributed by atoms with Crippen LogP contribution in [0.3, 0.4) is 0 Å². The zero-order valence-corrected chi connectivity index (χ0v) is 21.0. The Morgan fingerprint density at radius 2 is 1.91 bits per heavy atom.